The van der Waals surface area contributed by atoms with Crippen molar-refractivity contribution < 1.29 is 9.18 Å². The summed E-state index contributed by atoms with van der Waals surface area (Å²) in [6, 6.07) is 13.2. The Labute approximate surface area is 106 Å². The van der Waals surface area contributed by atoms with Gasteiger partial charge < -0.3 is 4.90 Å². The third-order valence-corrected chi connectivity index (χ3v) is 2.82. The number of nitrogens with zero attached hydrogens (tertiary/aromatic N) is 1. The van der Waals surface area contributed by atoms with E-state index in [-0.39, 0.29) is 11.7 Å². The Morgan fingerprint density at radius 2 is 1.56 bits per heavy atom. The number of hydrogen-bond acceptors (Lipinski definition) is 1. The van der Waals surface area contributed by atoms with Crippen LogP contribution in [0.2, 0.25) is 0 Å². The van der Waals surface area contributed by atoms with Gasteiger partial charge in [-0.3, -0.25) is 4.79 Å². The summed E-state index contributed by atoms with van der Waals surface area (Å²) in [5, 5.41) is 0. The highest BCUT2D eigenvalue weighted by atomic mass is 19.1. The fourth-order valence-corrected chi connectivity index (χ4v) is 1.67. The molecule has 2 rings (SSSR count). The molecule has 0 radical (unpaired) electrons. The molecular formula is C15H14FNO. The largest absolute Gasteiger partial charge is 0.311 e. The van der Waals surface area contributed by atoms with Crippen molar-refractivity contribution in [3.05, 3.63) is 65.5 Å². The number of hydrogen-bond donors (Lipinski definition) is 0. The smallest absolute Gasteiger partial charge is 0.258 e. The molecule has 0 atom stereocenters. The molecule has 18 heavy (non-hydrogen) atoms. The highest BCUT2D eigenvalue weighted by Crippen LogP contribution is 2.16. The molecule has 0 aliphatic rings. The van der Waals surface area contributed by atoms with Gasteiger partial charge in [0.15, 0.2) is 0 Å². The SMILES string of the molecule is Cc1ccc(C(=O)N(C)c2ccc(F)cc2)cc1. The van der Waals surface area contributed by atoms with E-state index in [0.29, 0.717) is 11.3 Å². The van der Waals surface area contributed by atoms with Crippen LogP contribution in [0.1, 0.15) is 15.9 Å². The molecule has 0 aromatic heterocycles. The fraction of sp³-hybridized carbons (Fsp3) is 0.133. The van der Waals surface area contributed by atoms with Gasteiger partial charge >= 0.3 is 0 Å². The molecule has 0 saturated carbocycles. The Balaban J connectivity index is 2.23. The topological polar surface area (TPSA) is 20.3 Å². The molecule has 0 unspecified atom stereocenters. The van der Waals surface area contributed by atoms with Crippen molar-refractivity contribution in [2.75, 3.05) is 11.9 Å². The molecule has 0 aliphatic heterocycles. The zero-order valence-corrected chi connectivity index (χ0v) is 10.4. The number of aryl methyl sites for hydroxylation is 1. The van der Waals surface area contributed by atoms with Crippen LogP contribution in [0.3, 0.4) is 0 Å². The second-order valence-corrected chi connectivity index (χ2v) is 4.21. The van der Waals surface area contributed by atoms with Gasteiger partial charge in [-0.25, -0.2) is 4.39 Å². The molecule has 2 nitrogen and oxygen atoms in total. The quantitative estimate of drug-likeness (QED) is 0.791. The van der Waals surface area contributed by atoms with Crippen molar-refractivity contribution in [2.24, 2.45) is 0 Å². The minimum absolute atomic E-state index is 0.110. The molecule has 0 fully saturated rings. The first-order valence-corrected chi connectivity index (χ1v) is 5.68. The third kappa shape index (κ3) is 2.56. The Bertz CT molecular complexity index is 546. The van der Waals surface area contributed by atoms with Crippen LogP contribution < -0.4 is 4.90 Å². The van der Waals surface area contributed by atoms with Crippen LogP contribution in [0.25, 0.3) is 0 Å². The predicted octanol–water partition coefficient (Wildman–Crippen LogP) is 3.41. The summed E-state index contributed by atoms with van der Waals surface area (Å²) in [5.41, 5.74) is 2.39. The van der Waals surface area contributed by atoms with Crippen molar-refractivity contribution >= 4 is 11.6 Å². The van der Waals surface area contributed by atoms with Crippen LogP contribution in [0.15, 0.2) is 48.5 Å². The highest BCUT2D eigenvalue weighted by Gasteiger charge is 2.12. The molecule has 0 heterocycles. The molecule has 1 amide bonds. The number of anilines is 1. The van der Waals surface area contributed by atoms with Crippen LogP contribution in [-0.4, -0.2) is 13.0 Å². The Morgan fingerprint density at radius 3 is 2.11 bits per heavy atom. The second-order valence-electron chi connectivity index (χ2n) is 4.21. The summed E-state index contributed by atoms with van der Waals surface area (Å²) in [5.74, 6) is -0.420. The van der Waals surface area contributed by atoms with E-state index in [0.717, 1.165) is 5.56 Å². The van der Waals surface area contributed by atoms with E-state index in [1.807, 2.05) is 19.1 Å². The number of carbonyl (C=O) groups excluding carboxylic acids is 1. The highest BCUT2D eigenvalue weighted by molar-refractivity contribution is 6.05. The van der Waals surface area contributed by atoms with Crippen LogP contribution in [0.4, 0.5) is 10.1 Å². The number of carbonyl (C=O) groups is 1. The zero-order chi connectivity index (χ0) is 13.1. The average molecular weight is 243 g/mol. The molecule has 0 bridgehead atoms. The first-order chi connectivity index (χ1) is 8.58. The van der Waals surface area contributed by atoms with E-state index in [1.54, 1.807) is 31.3 Å². The van der Waals surface area contributed by atoms with Crippen LogP contribution >= 0.6 is 0 Å². The lowest BCUT2D eigenvalue weighted by Gasteiger charge is -2.17. The Morgan fingerprint density at radius 1 is 1.00 bits per heavy atom. The number of rotatable bonds is 2. The summed E-state index contributed by atoms with van der Waals surface area (Å²) in [6.45, 7) is 1.97. The standard InChI is InChI=1S/C15H14FNO/c1-11-3-5-12(6-4-11)15(18)17(2)14-9-7-13(16)8-10-14/h3-10H,1-2H3. The summed E-state index contributed by atoms with van der Waals surface area (Å²) in [7, 11) is 1.68. The second kappa shape index (κ2) is 5.00. The van der Waals surface area contributed by atoms with Gasteiger partial charge in [0.2, 0.25) is 0 Å². The van der Waals surface area contributed by atoms with Crippen molar-refractivity contribution in [1.82, 2.24) is 0 Å². The molecular weight excluding hydrogens is 229 g/mol. The molecule has 0 saturated heterocycles. The van der Waals surface area contributed by atoms with Gasteiger partial charge in [-0.05, 0) is 43.3 Å². The van der Waals surface area contributed by atoms with E-state index in [1.165, 1.54) is 17.0 Å². The van der Waals surface area contributed by atoms with Crippen LogP contribution in [-0.2, 0) is 0 Å². The monoisotopic (exact) mass is 243 g/mol. The molecule has 0 aliphatic carbocycles. The average Bonchev–Trinajstić information content (AvgIpc) is 2.39. The molecule has 2 aromatic carbocycles. The number of benzene rings is 2. The first-order valence-electron chi connectivity index (χ1n) is 5.68. The van der Waals surface area contributed by atoms with E-state index >= 15 is 0 Å². The number of halogens is 1. The van der Waals surface area contributed by atoms with Crippen molar-refractivity contribution in [3.63, 3.8) is 0 Å². The van der Waals surface area contributed by atoms with E-state index < -0.39 is 0 Å². The Hall–Kier alpha value is -2.16. The van der Waals surface area contributed by atoms with Crippen molar-refractivity contribution in [3.8, 4) is 0 Å². The Kier molecular flexibility index (Phi) is 3.42. The fourth-order valence-electron chi connectivity index (χ4n) is 1.67. The maximum atomic E-state index is 12.8. The summed E-state index contributed by atoms with van der Waals surface area (Å²) in [4.78, 5) is 13.7. The maximum Gasteiger partial charge on any atom is 0.258 e. The van der Waals surface area contributed by atoms with Crippen molar-refractivity contribution in [1.29, 1.82) is 0 Å². The van der Waals surface area contributed by atoms with E-state index in [2.05, 4.69) is 0 Å². The van der Waals surface area contributed by atoms with Crippen LogP contribution in [0, 0.1) is 12.7 Å². The van der Waals surface area contributed by atoms with Gasteiger partial charge in [0, 0.05) is 18.3 Å². The van der Waals surface area contributed by atoms with Crippen LogP contribution in [0.5, 0.6) is 0 Å². The van der Waals surface area contributed by atoms with Gasteiger partial charge in [0.1, 0.15) is 5.82 Å². The summed E-state index contributed by atoms with van der Waals surface area (Å²) < 4.78 is 12.8. The third-order valence-electron chi connectivity index (χ3n) is 2.82. The minimum Gasteiger partial charge on any atom is -0.311 e. The predicted molar refractivity (Wildman–Crippen MR) is 70.3 cm³/mol. The molecule has 92 valence electrons. The lowest BCUT2D eigenvalue weighted by molar-refractivity contribution is 0.0993. The van der Waals surface area contributed by atoms with Gasteiger partial charge in [-0.2, -0.15) is 0 Å². The van der Waals surface area contributed by atoms with Crippen molar-refractivity contribution in [2.45, 2.75) is 6.92 Å². The van der Waals surface area contributed by atoms with Gasteiger partial charge in [0.25, 0.3) is 5.91 Å². The van der Waals surface area contributed by atoms with Gasteiger partial charge in [0.05, 0.1) is 0 Å². The van der Waals surface area contributed by atoms with E-state index in [4.69, 9.17) is 0 Å². The normalized spacial score (nSPS) is 10.2. The lowest BCUT2D eigenvalue weighted by atomic mass is 10.1. The summed E-state index contributed by atoms with van der Waals surface area (Å²) in [6.07, 6.45) is 0. The zero-order valence-electron chi connectivity index (χ0n) is 10.4. The minimum atomic E-state index is -0.310. The molecule has 0 spiro atoms. The van der Waals surface area contributed by atoms with Gasteiger partial charge in [-0.1, -0.05) is 17.7 Å². The van der Waals surface area contributed by atoms with E-state index in [9.17, 15) is 9.18 Å². The maximum absolute atomic E-state index is 12.8. The first kappa shape index (κ1) is 12.3. The number of amides is 1. The lowest BCUT2D eigenvalue weighted by Crippen LogP contribution is -2.26. The van der Waals surface area contributed by atoms with Gasteiger partial charge in [-0.15, -0.1) is 0 Å². The molecule has 0 N–H and O–H groups in total. The summed E-state index contributed by atoms with van der Waals surface area (Å²) >= 11 is 0. The molecule has 3 heteroatoms. The molecule has 2 aromatic rings.